The molecule has 0 bridgehead atoms. The molecule has 2 aromatic rings. The van der Waals surface area contributed by atoms with Crippen molar-refractivity contribution in [1.82, 2.24) is 9.97 Å². The molecule has 106 valence electrons. The van der Waals surface area contributed by atoms with Crippen LogP contribution in [-0.4, -0.2) is 21.7 Å². The lowest BCUT2D eigenvalue weighted by molar-refractivity contribution is -0.0491. The topological polar surface area (TPSA) is 55.2 Å². The van der Waals surface area contributed by atoms with E-state index in [0.717, 1.165) is 5.75 Å². The normalized spacial score (nSPS) is 14.1. The molecule has 0 fully saturated rings. The lowest BCUT2D eigenvalue weighted by Gasteiger charge is -2.31. The van der Waals surface area contributed by atoms with Crippen LogP contribution >= 0.6 is 0 Å². The molecule has 0 aliphatic rings. The summed E-state index contributed by atoms with van der Waals surface area (Å²) in [7, 11) is 0. The molecule has 20 heavy (non-hydrogen) atoms. The summed E-state index contributed by atoms with van der Waals surface area (Å²) in [6, 6.07) is 7.76. The zero-order chi connectivity index (χ0) is 14.6. The quantitative estimate of drug-likeness (QED) is 0.909. The Balaban J connectivity index is 2.16. The predicted octanol–water partition coefficient (Wildman–Crippen LogP) is 2.71. The van der Waals surface area contributed by atoms with Crippen molar-refractivity contribution in [2.75, 3.05) is 6.61 Å². The molecular formula is C16H20N2O2. The van der Waals surface area contributed by atoms with Gasteiger partial charge in [0, 0.05) is 18.0 Å². The van der Waals surface area contributed by atoms with Crippen LogP contribution in [0.15, 0.2) is 43.0 Å². The summed E-state index contributed by atoms with van der Waals surface area (Å²) in [4.78, 5) is 7.95. The fourth-order valence-corrected chi connectivity index (χ4v) is 1.93. The van der Waals surface area contributed by atoms with E-state index in [9.17, 15) is 5.11 Å². The molecule has 2 rings (SSSR count). The van der Waals surface area contributed by atoms with E-state index >= 15 is 0 Å². The maximum Gasteiger partial charge on any atom is 0.129 e. The summed E-state index contributed by atoms with van der Waals surface area (Å²) in [5.74, 6) is 0.727. The Morgan fingerprint density at radius 2 is 1.75 bits per heavy atom. The number of aryl methyl sites for hydroxylation is 1. The van der Waals surface area contributed by atoms with E-state index in [0.29, 0.717) is 5.56 Å². The Hall–Kier alpha value is -1.94. The van der Waals surface area contributed by atoms with Gasteiger partial charge in [-0.25, -0.2) is 9.97 Å². The molecule has 1 heterocycles. The van der Waals surface area contributed by atoms with Crippen molar-refractivity contribution >= 4 is 0 Å². The molecule has 0 aliphatic carbocycles. The van der Waals surface area contributed by atoms with Gasteiger partial charge in [-0.05, 0) is 25.0 Å². The molecule has 4 heteroatoms. The van der Waals surface area contributed by atoms with Gasteiger partial charge in [-0.2, -0.15) is 0 Å². The number of aromatic nitrogens is 2. The van der Waals surface area contributed by atoms with Crippen LogP contribution in [0.2, 0.25) is 0 Å². The number of benzene rings is 1. The van der Waals surface area contributed by atoms with Gasteiger partial charge in [-0.1, -0.05) is 31.5 Å². The van der Waals surface area contributed by atoms with E-state index < -0.39 is 5.60 Å². The molecule has 0 saturated carbocycles. The highest BCUT2D eigenvalue weighted by Gasteiger charge is 2.34. The first-order valence-electron chi connectivity index (χ1n) is 6.69. The molecule has 0 amide bonds. The third-order valence-corrected chi connectivity index (χ3v) is 3.50. The largest absolute Gasteiger partial charge is 0.490 e. The van der Waals surface area contributed by atoms with Gasteiger partial charge in [0.05, 0.1) is 0 Å². The molecule has 1 aromatic carbocycles. The van der Waals surface area contributed by atoms with Crippen LogP contribution in [-0.2, 0) is 5.60 Å². The average Bonchev–Trinajstić information content (AvgIpc) is 2.47. The van der Waals surface area contributed by atoms with Crippen LogP contribution in [0.5, 0.6) is 5.75 Å². The Labute approximate surface area is 119 Å². The van der Waals surface area contributed by atoms with E-state index in [2.05, 4.69) is 9.97 Å². The van der Waals surface area contributed by atoms with Crippen molar-refractivity contribution in [3.8, 4) is 5.75 Å². The summed E-state index contributed by atoms with van der Waals surface area (Å²) >= 11 is 0. The number of ether oxygens (including phenoxy) is 1. The lowest BCUT2D eigenvalue weighted by Crippen LogP contribution is -2.38. The van der Waals surface area contributed by atoms with Crippen LogP contribution in [0.4, 0.5) is 0 Å². The van der Waals surface area contributed by atoms with Crippen LogP contribution in [0.1, 0.15) is 25.0 Å². The van der Waals surface area contributed by atoms with Crippen molar-refractivity contribution in [3.05, 3.63) is 54.1 Å². The number of hydrogen-bond acceptors (Lipinski definition) is 4. The van der Waals surface area contributed by atoms with E-state index in [4.69, 9.17) is 4.74 Å². The summed E-state index contributed by atoms with van der Waals surface area (Å²) < 4.78 is 5.74. The molecule has 1 N–H and O–H groups in total. The second-order valence-electron chi connectivity index (χ2n) is 5.31. The first-order valence-corrected chi connectivity index (χ1v) is 6.69. The van der Waals surface area contributed by atoms with E-state index in [1.54, 1.807) is 12.4 Å². The zero-order valence-corrected chi connectivity index (χ0v) is 12.1. The second-order valence-corrected chi connectivity index (χ2v) is 5.31. The van der Waals surface area contributed by atoms with Gasteiger partial charge in [0.2, 0.25) is 0 Å². The van der Waals surface area contributed by atoms with Gasteiger partial charge in [-0.15, -0.1) is 0 Å². The van der Waals surface area contributed by atoms with E-state index in [1.165, 1.54) is 11.9 Å². The van der Waals surface area contributed by atoms with Crippen molar-refractivity contribution in [1.29, 1.82) is 0 Å². The standard InChI is InChI=1S/C16H20N2O2/c1-12(2)16(19,14-8-17-11-18-9-14)10-20-15-6-4-13(3)5-7-15/h4-9,11-12,19H,10H2,1-3H3. The summed E-state index contributed by atoms with van der Waals surface area (Å²) in [6.07, 6.45) is 4.71. The minimum absolute atomic E-state index is 0.0149. The van der Waals surface area contributed by atoms with Gasteiger partial charge in [-0.3, -0.25) is 0 Å². The summed E-state index contributed by atoms with van der Waals surface area (Å²) in [5, 5.41) is 10.9. The summed E-state index contributed by atoms with van der Waals surface area (Å²) in [5.41, 5.74) is 0.738. The summed E-state index contributed by atoms with van der Waals surface area (Å²) in [6.45, 7) is 6.09. The molecule has 0 radical (unpaired) electrons. The highest BCUT2D eigenvalue weighted by molar-refractivity contribution is 5.27. The fraction of sp³-hybridized carbons (Fsp3) is 0.375. The number of hydrogen-bond donors (Lipinski definition) is 1. The Morgan fingerprint density at radius 3 is 2.30 bits per heavy atom. The van der Waals surface area contributed by atoms with Gasteiger partial charge >= 0.3 is 0 Å². The lowest BCUT2D eigenvalue weighted by atomic mass is 9.85. The molecule has 1 aromatic heterocycles. The molecular weight excluding hydrogens is 252 g/mol. The molecule has 4 nitrogen and oxygen atoms in total. The van der Waals surface area contributed by atoms with Crippen molar-refractivity contribution in [3.63, 3.8) is 0 Å². The van der Waals surface area contributed by atoms with Crippen LogP contribution < -0.4 is 4.74 Å². The van der Waals surface area contributed by atoms with E-state index in [1.807, 2.05) is 45.0 Å². The predicted molar refractivity (Wildman–Crippen MR) is 77.4 cm³/mol. The van der Waals surface area contributed by atoms with Crippen LogP contribution in [0.25, 0.3) is 0 Å². The molecule has 1 unspecified atom stereocenters. The molecule has 0 aliphatic heterocycles. The second kappa shape index (κ2) is 6.01. The number of aliphatic hydroxyl groups is 1. The minimum Gasteiger partial charge on any atom is -0.490 e. The average molecular weight is 272 g/mol. The molecule has 1 atom stereocenters. The smallest absolute Gasteiger partial charge is 0.129 e. The van der Waals surface area contributed by atoms with Gasteiger partial charge in [0.15, 0.2) is 0 Å². The van der Waals surface area contributed by atoms with Gasteiger partial charge < -0.3 is 9.84 Å². The third-order valence-electron chi connectivity index (χ3n) is 3.50. The number of nitrogens with zero attached hydrogens (tertiary/aromatic N) is 2. The highest BCUT2D eigenvalue weighted by Crippen LogP contribution is 2.29. The first-order chi connectivity index (χ1) is 9.52. The Morgan fingerprint density at radius 1 is 1.15 bits per heavy atom. The van der Waals surface area contributed by atoms with E-state index in [-0.39, 0.29) is 12.5 Å². The van der Waals surface area contributed by atoms with Crippen LogP contribution in [0.3, 0.4) is 0 Å². The minimum atomic E-state index is -1.11. The van der Waals surface area contributed by atoms with Crippen molar-refractivity contribution in [2.45, 2.75) is 26.4 Å². The maximum absolute atomic E-state index is 10.9. The Bertz CT molecular complexity index is 540. The molecule has 0 spiro atoms. The number of rotatable bonds is 5. The van der Waals surface area contributed by atoms with Crippen LogP contribution in [0, 0.1) is 12.8 Å². The SMILES string of the molecule is Cc1ccc(OCC(O)(c2cncnc2)C(C)C)cc1. The van der Waals surface area contributed by atoms with Crippen molar-refractivity contribution in [2.24, 2.45) is 5.92 Å². The van der Waals surface area contributed by atoms with Gasteiger partial charge in [0.25, 0.3) is 0 Å². The molecule has 0 saturated heterocycles. The third kappa shape index (κ3) is 3.14. The highest BCUT2D eigenvalue weighted by atomic mass is 16.5. The van der Waals surface area contributed by atoms with Crippen molar-refractivity contribution < 1.29 is 9.84 Å². The maximum atomic E-state index is 10.9. The van der Waals surface area contributed by atoms with Gasteiger partial charge in [0.1, 0.15) is 24.3 Å². The fourth-order valence-electron chi connectivity index (χ4n) is 1.93. The zero-order valence-electron chi connectivity index (χ0n) is 12.1. The first kappa shape index (κ1) is 14.5. The Kier molecular flexibility index (Phi) is 4.35. The monoisotopic (exact) mass is 272 g/mol.